The molecule has 0 bridgehead atoms. The van der Waals surface area contributed by atoms with E-state index in [-0.39, 0.29) is 23.6 Å². The molecule has 3 heterocycles. The van der Waals surface area contributed by atoms with Crippen LogP contribution in [0.15, 0.2) is 64.9 Å². The molecule has 162 valence electrons. The molecule has 0 fully saturated rings. The van der Waals surface area contributed by atoms with E-state index in [0.29, 0.717) is 25.7 Å². The van der Waals surface area contributed by atoms with E-state index in [2.05, 4.69) is 15.6 Å². The van der Waals surface area contributed by atoms with Crippen LogP contribution in [0.4, 0.5) is 15.2 Å². The molecule has 4 rings (SSSR count). The number of thiazole rings is 1. The summed E-state index contributed by atoms with van der Waals surface area (Å²) < 4.78 is 16.3. The van der Waals surface area contributed by atoms with Gasteiger partial charge in [0, 0.05) is 23.7 Å². The molecule has 3 aromatic heterocycles. The maximum absolute atomic E-state index is 14.5. The first-order valence-corrected chi connectivity index (χ1v) is 11.2. The Labute approximate surface area is 194 Å². The summed E-state index contributed by atoms with van der Waals surface area (Å²) >= 11 is 8.15. The van der Waals surface area contributed by atoms with Gasteiger partial charge in [-0.05, 0) is 30.3 Å². The van der Waals surface area contributed by atoms with Crippen LogP contribution in [0.5, 0.6) is 0 Å². The zero-order chi connectivity index (χ0) is 22.7. The monoisotopic (exact) mass is 488 g/mol. The van der Waals surface area contributed by atoms with Gasteiger partial charge >= 0.3 is 0 Å². The van der Waals surface area contributed by atoms with Gasteiger partial charge in [0.15, 0.2) is 5.13 Å². The van der Waals surface area contributed by atoms with Crippen molar-refractivity contribution >= 4 is 56.9 Å². The van der Waals surface area contributed by atoms with Crippen molar-refractivity contribution in [3.8, 4) is 5.69 Å². The van der Waals surface area contributed by atoms with Crippen LogP contribution in [-0.4, -0.2) is 21.4 Å². The molecule has 1 aromatic carbocycles. The van der Waals surface area contributed by atoms with Gasteiger partial charge < -0.3 is 5.32 Å². The number of pyridine rings is 1. The van der Waals surface area contributed by atoms with E-state index >= 15 is 0 Å². The lowest BCUT2D eigenvalue weighted by Gasteiger charge is -2.09. The topological polar surface area (TPSA) is 93.1 Å². The van der Waals surface area contributed by atoms with E-state index in [4.69, 9.17) is 11.6 Å². The third-order valence-electron chi connectivity index (χ3n) is 4.24. The fourth-order valence-corrected chi connectivity index (χ4v) is 4.44. The highest BCUT2D eigenvalue weighted by Crippen LogP contribution is 2.24. The van der Waals surface area contributed by atoms with Crippen molar-refractivity contribution in [2.75, 3.05) is 10.6 Å². The largest absolute Gasteiger partial charge is 0.323 e. The number of hydrogen-bond donors (Lipinski definition) is 2. The van der Waals surface area contributed by atoms with Crippen molar-refractivity contribution in [3.05, 3.63) is 91.2 Å². The third kappa shape index (κ3) is 5.10. The van der Waals surface area contributed by atoms with E-state index in [1.807, 2.05) is 0 Å². The van der Waals surface area contributed by atoms with Crippen LogP contribution in [-0.2, 0) is 11.2 Å². The van der Waals surface area contributed by atoms with Crippen LogP contribution in [0.3, 0.4) is 0 Å². The summed E-state index contributed by atoms with van der Waals surface area (Å²) in [6, 6.07) is 12.0. The van der Waals surface area contributed by atoms with Gasteiger partial charge in [-0.2, -0.15) is 0 Å². The Hall–Kier alpha value is -3.34. The minimum atomic E-state index is -0.674. The highest BCUT2D eigenvalue weighted by molar-refractivity contribution is 7.18. The predicted molar refractivity (Wildman–Crippen MR) is 124 cm³/mol. The van der Waals surface area contributed by atoms with Gasteiger partial charge in [-0.1, -0.05) is 17.7 Å². The quantitative estimate of drug-likeness (QED) is 0.415. The fourth-order valence-electron chi connectivity index (χ4n) is 2.80. The summed E-state index contributed by atoms with van der Waals surface area (Å²) in [6.45, 7) is 0. The maximum atomic E-state index is 14.5. The number of anilines is 2. The summed E-state index contributed by atoms with van der Waals surface area (Å²) in [7, 11) is 0. The number of carbonyl (C=O) groups is 2. The number of hydrogen-bond acceptors (Lipinski definition) is 6. The highest BCUT2D eigenvalue weighted by Gasteiger charge is 2.14. The summed E-state index contributed by atoms with van der Waals surface area (Å²) in [5.41, 5.74) is 0.469. The van der Waals surface area contributed by atoms with Crippen molar-refractivity contribution in [1.82, 2.24) is 9.55 Å². The first-order chi connectivity index (χ1) is 15.4. The molecule has 0 atom stereocenters. The van der Waals surface area contributed by atoms with Crippen LogP contribution in [0.1, 0.15) is 15.4 Å². The van der Waals surface area contributed by atoms with E-state index in [0.717, 1.165) is 11.3 Å². The second-order valence-corrected chi connectivity index (χ2v) is 9.07. The summed E-state index contributed by atoms with van der Waals surface area (Å²) in [4.78, 5) is 41.0. The lowest BCUT2D eigenvalue weighted by atomic mass is 10.2. The van der Waals surface area contributed by atoms with Crippen LogP contribution < -0.4 is 16.2 Å². The molecule has 11 heteroatoms. The Morgan fingerprint density at radius 1 is 1.12 bits per heavy atom. The Bertz CT molecular complexity index is 1360. The van der Waals surface area contributed by atoms with Crippen LogP contribution in [0.25, 0.3) is 5.69 Å². The van der Waals surface area contributed by atoms with E-state index in [1.54, 1.807) is 29.6 Å². The Morgan fingerprint density at radius 2 is 1.97 bits per heavy atom. The molecule has 0 saturated carbocycles. The number of amides is 2. The lowest BCUT2D eigenvalue weighted by molar-refractivity contribution is -0.115. The van der Waals surface area contributed by atoms with Gasteiger partial charge in [-0.3, -0.25) is 24.3 Å². The smallest absolute Gasteiger partial charge is 0.267 e. The number of halogens is 2. The number of nitrogens with one attached hydrogen (secondary N) is 2. The van der Waals surface area contributed by atoms with Crippen molar-refractivity contribution < 1.29 is 14.0 Å². The molecule has 0 spiro atoms. The van der Waals surface area contributed by atoms with Crippen LogP contribution in [0, 0.1) is 5.82 Å². The molecule has 32 heavy (non-hydrogen) atoms. The number of rotatable bonds is 6. The Morgan fingerprint density at radius 3 is 2.69 bits per heavy atom. The molecule has 0 unspecified atom stereocenters. The zero-order valence-corrected chi connectivity index (χ0v) is 18.6. The van der Waals surface area contributed by atoms with E-state index in [1.165, 1.54) is 46.4 Å². The molecule has 4 aromatic rings. The van der Waals surface area contributed by atoms with Gasteiger partial charge in [0.25, 0.3) is 11.5 Å². The summed E-state index contributed by atoms with van der Waals surface area (Å²) in [5.74, 6) is -1.49. The maximum Gasteiger partial charge on any atom is 0.267 e. The second-order valence-electron chi connectivity index (χ2n) is 6.50. The van der Waals surface area contributed by atoms with Gasteiger partial charge in [0.1, 0.15) is 5.82 Å². The molecule has 0 aliphatic carbocycles. The standard InChI is InChI=1S/C21H14ClFN4O3S2/c22-17-7-6-16(32-17)20(30)26-21-24-12(11-31-21)9-18(28)25-15-5-4-13(10-14(15)23)27-8-2-1-3-19(27)29/h1-8,10-11H,9H2,(H,25,28)(H,24,26,30). The molecule has 0 aliphatic heterocycles. The van der Waals surface area contributed by atoms with E-state index in [9.17, 15) is 18.8 Å². The van der Waals surface area contributed by atoms with Crippen molar-refractivity contribution in [2.45, 2.75) is 6.42 Å². The highest BCUT2D eigenvalue weighted by atomic mass is 35.5. The minimum Gasteiger partial charge on any atom is -0.323 e. The molecular formula is C21H14ClFN4O3S2. The third-order valence-corrected chi connectivity index (χ3v) is 6.27. The molecule has 0 aliphatic rings. The van der Waals surface area contributed by atoms with E-state index < -0.39 is 11.7 Å². The van der Waals surface area contributed by atoms with Gasteiger partial charge in [0.2, 0.25) is 5.91 Å². The molecular weight excluding hydrogens is 475 g/mol. The number of aromatic nitrogens is 2. The SMILES string of the molecule is O=C(Cc1csc(NC(=O)c2ccc(Cl)s2)n1)Nc1ccc(-n2ccccc2=O)cc1F. The first kappa shape index (κ1) is 21.9. The van der Waals surface area contributed by atoms with Crippen LogP contribution in [0.2, 0.25) is 4.34 Å². The molecule has 0 saturated heterocycles. The zero-order valence-electron chi connectivity index (χ0n) is 16.2. The Balaban J connectivity index is 1.38. The summed E-state index contributed by atoms with van der Waals surface area (Å²) in [5, 5.41) is 7.12. The van der Waals surface area contributed by atoms with Gasteiger partial charge in [-0.25, -0.2) is 9.37 Å². The Kier molecular flexibility index (Phi) is 6.45. The lowest BCUT2D eigenvalue weighted by Crippen LogP contribution is -2.17. The van der Waals surface area contributed by atoms with Crippen LogP contribution >= 0.6 is 34.3 Å². The summed E-state index contributed by atoms with van der Waals surface area (Å²) in [6.07, 6.45) is 1.43. The minimum absolute atomic E-state index is 0.0129. The van der Waals surface area contributed by atoms with Gasteiger partial charge in [-0.15, -0.1) is 22.7 Å². The molecule has 2 N–H and O–H groups in total. The molecule has 7 nitrogen and oxygen atoms in total. The van der Waals surface area contributed by atoms with Crippen molar-refractivity contribution in [3.63, 3.8) is 0 Å². The van der Waals surface area contributed by atoms with Gasteiger partial charge in [0.05, 0.1) is 32.7 Å². The first-order valence-electron chi connectivity index (χ1n) is 9.17. The predicted octanol–water partition coefficient (Wildman–Crippen LogP) is 4.58. The normalized spacial score (nSPS) is 10.7. The number of benzene rings is 1. The molecule has 0 radical (unpaired) electrons. The second kappa shape index (κ2) is 9.43. The van der Waals surface area contributed by atoms with Crippen molar-refractivity contribution in [2.24, 2.45) is 0 Å². The average Bonchev–Trinajstić information content (AvgIpc) is 3.38. The number of nitrogens with zero attached hydrogens (tertiary/aromatic N) is 2. The number of carbonyl (C=O) groups excluding carboxylic acids is 2. The fraction of sp³-hybridized carbons (Fsp3) is 0.0476. The molecule has 2 amide bonds. The van der Waals surface area contributed by atoms with Crippen molar-refractivity contribution in [1.29, 1.82) is 0 Å². The average molecular weight is 489 g/mol. The number of thiophene rings is 1.